The predicted octanol–water partition coefficient (Wildman–Crippen LogP) is 4.37. The van der Waals surface area contributed by atoms with Gasteiger partial charge in [-0.15, -0.1) is 11.3 Å². The zero-order valence-electron chi connectivity index (χ0n) is 17.8. The van der Waals surface area contributed by atoms with E-state index in [0.717, 1.165) is 17.9 Å². The van der Waals surface area contributed by atoms with E-state index in [4.69, 9.17) is 4.52 Å². The van der Waals surface area contributed by atoms with Gasteiger partial charge in [0.2, 0.25) is 5.82 Å². The van der Waals surface area contributed by atoms with Crippen LogP contribution in [0, 0.1) is 0 Å². The minimum Gasteiger partial charge on any atom is -0.377 e. The van der Waals surface area contributed by atoms with Crippen molar-refractivity contribution in [3.8, 4) is 10.7 Å². The van der Waals surface area contributed by atoms with Gasteiger partial charge in [0.25, 0.3) is 5.89 Å². The number of fused-ring (bicyclic) bond motifs is 1. The number of hydrogen-bond donors (Lipinski definition) is 3. The molecule has 0 aliphatic carbocycles. The molecular formula is C20H20F4N6O2S2. The van der Waals surface area contributed by atoms with Crippen molar-refractivity contribution >= 4 is 44.9 Å². The molecule has 2 fully saturated rings. The molecule has 3 aromatic rings. The van der Waals surface area contributed by atoms with Gasteiger partial charge >= 0.3 is 11.5 Å². The van der Waals surface area contributed by atoms with Crippen molar-refractivity contribution in [2.24, 2.45) is 0 Å². The highest BCUT2D eigenvalue weighted by Gasteiger charge is 2.36. The number of thioether (sulfide) groups is 1. The standard InChI is InChI=1S/C20H20F4N6O2S2/c1-2-30-7-10(21)13(8-30)26-11-5-3-4-9-14(11)33-16(15(9)34-20(22,23)24)17-28-18(32-29-17)12-6-25-19(31)27-12/h3-5,10,12-13,26H,2,6-8H2,1H3,(H2,25,27,31)/t10-,12+,13+/m0/s1. The molecule has 2 saturated heterocycles. The second-order valence-electron chi connectivity index (χ2n) is 7.97. The molecule has 0 radical (unpaired) electrons. The molecule has 3 N–H and O–H groups in total. The number of nitrogens with one attached hydrogen (secondary N) is 3. The second-order valence-corrected chi connectivity index (χ2v) is 10.1. The maximum atomic E-state index is 14.5. The second kappa shape index (κ2) is 8.89. The molecule has 2 aliphatic heterocycles. The quantitative estimate of drug-likeness (QED) is 0.331. The Morgan fingerprint density at radius 1 is 1.35 bits per heavy atom. The number of amides is 2. The summed E-state index contributed by atoms with van der Waals surface area (Å²) in [5.41, 5.74) is -3.99. The van der Waals surface area contributed by atoms with Gasteiger partial charge in [-0.1, -0.05) is 24.2 Å². The minimum atomic E-state index is -4.54. The van der Waals surface area contributed by atoms with Gasteiger partial charge in [-0.3, -0.25) is 4.90 Å². The largest absolute Gasteiger partial charge is 0.446 e. The lowest BCUT2D eigenvalue weighted by Gasteiger charge is -2.17. The van der Waals surface area contributed by atoms with Crippen molar-refractivity contribution in [3.05, 3.63) is 24.1 Å². The number of likely N-dealkylation sites (tertiary alicyclic amines) is 1. The molecule has 0 unspecified atom stereocenters. The molecule has 5 rings (SSSR count). The van der Waals surface area contributed by atoms with Gasteiger partial charge in [0.1, 0.15) is 12.2 Å². The number of aromatic nitrogens is 2. The van der Waals surface area contributed by atoms with E-state index in [2.05, 4.69) is 26.1 Å². The van der Waals surface area contributed by atoms with E-state index in [-0.39, 0.29) is 39.8 Å². The van der Waals surface area contributed by atoms with Gasteiger partial charge < -0.3 is 20.5 Å². The normalized spacial score (nSPS) is 23.4. The highest BCUT2D eigenvalue weighted by molar-refractivity contribution is 8.00. The SMILES string of the molecule is CCN1C[C@H](F)[C@H](Nc2cccc3c(SC(F)(F)F)c(-c4noc([C@H]5CNC(=O)N5)n4)sc23)C1. The van der Waals surface area contributed by atoms with Crippen LogP contribution in [0.2, 0.25) is 0 Å². The number of thiophene rings is 1. The van der Waals surface area contributed by atoms with Crippen LogP contribution in [0.15, 0.2) is 27.6 Å². The van der Waals surface area contributed by atoms with Crippen molar-refractivity contribution in [1.82, 2.24) is 25.7 Å². The van der Waals surface area contributed by atoms with Crippen LogP contribution in [0.25, 0.3) is 20.8 Å². The smallest absolute Gasteiger partial charge is 0.377 e. The highest BCUT2D eigenvalue weighted by Crippen LogP contribution is 2.50. The van der Waals surface area contributed by atoms with Crippen LogP contribution in [0.5, 0.6) is 0 Å². The number of carbonyl (C=O) groups excluding carboxylic acids is 1. The maximum Gasteiger partial charge on any atom is 0.446 e. The fourth-order valence-corrected chi connectivity index (χ4v) is 6.19. The maximum absolute atomic E-state index is 14.5. The topological polar surface area (TPSA) is 95.3 Å². The van der Waals surface area contributed by atoms with Crippen molar-refractivity contribution in [3.63, 3.8) is 0 Å². The molecule has 1 aromatic carbocycles. The molecular weight excluding hydrogens is 496 g/mol. The van der Waals surface area contributed by atoms with E-state index in [9.17, 15) is 22.4 Å². The van der Waals surface area contributed by atoms with Crippen LogP contribution in [0.4, 0.5) is 28.0 Å². The number of halogens is 4. The first kappa shape index (κ1) is 23.2. The Hall–Kier alpha value is -2.58. The molecule has 0 spiro atoms. The van der Waals surface area contributed by atoms with Crippen LogP contribution in [-0.4, -0.2) is 65.0 Å². The molecule has 2 aromatic heterocycles. The van der Waals surface area contributed by atoms with Gasteiger partial charge in [-0.25, -0.2) is 9.18 Å². The van der Waals surface area contributed by atoms with Crippen LogP contribution >= 0.6 is 23.1 Å². The fourth-order valence-electron chi connectivity index (χ4n) is 4.08. The lowest BCUT2D eigenvalue weighted by molar-refractivity contribution is -0.0327. The number of nitrogens with zero attached hydrogens (tertiary/aromatic N) is 3. The van der Waals surface area contributed by atoms with Crippen LogP contribution in [-0.2, 0) is 0 Å². The summed E-state index contributed by atoms with van der Waals surface area (Å²) in [6, 6.07) is 3.54. The molecule has 0 bridgehead atoms. The summed E-state index contributed by atoms with van der Waals surface area (Å²) in [6.07, 6.45) is -1.09. The van der Waals surface area contributed by atoms with Crippen molar-refractivity contribution in [1.29, 1.82) is 0 Å². The first-order valence-electron chi connectivity index (χ1n) is 10.5. The average molecular weight is 517 g/mol. The third kappa shape index (κ3) is 4.53. The third-order valence-electron chi connectivity index (χ3n) is 5.72. The number of benzene rings is 1. The van der Waals surface area contributed by atoms with E-state index in [0.29, 0.717) is 28.9 Å². The summed E-state index contributed by atoms with van der Waals surface area (Å²) in [4.78, 5) is 17.8. The molecule has 2 aliphatic rings. The lowest BCUT2D eigenvalue weighted by atomic mass is 10.2. The number of hydrogen-bond acceptors (Lipinski definition) is 8. The average Bonchev–Trinajstić information content (AvgIpc) is 3.55. The van der Waals surface area contributed by atoms with Crippen LogP contribution < -0.4 is 16.0 Å². The molecule has 34 heavy (non-hydrogen) atoms. The number of carbonyl (C=O) groups is 1. The third-order valence-corrected chi connectivity index (χ3v) is 7.94. The Morgan fingerprint density at radius 3 is 2.85 bits per heavy atom. The van der Waals surface area contributed by atoms with E-state index >= 15 is 0 Å². The van der Waals surface area contributed by atoms with Crippen molar-refractivity contribution in [2.45, 2.75) is 35.6 Å². The zero-order chi connectivity index (χ0) is 24.0. The summed E-state index contributed by atoms with van der Waals surface area (Å²) in [7, 11) is 0. The van der Waals surface area contributed by atoms with Gasteiger partial charge in [0.05, 0.1) is 21.3 Å². The van der Waals surface area contributed by atoms with Gasteiger partial charge in [0.15, 0.2) is 0 Å². The molecule has 3 atom stereocenters. The molecule has 4 heterocycles. The van der Waals surface area contributed by atoms with Crippen LogP contribution in [0.1, 0.15) is 18.9 Å². The van der Waals surface area contributed by atoms with Gasteiger partial charge in [0, 0.05) is 29.9 Å². The number of alkyl halides is 4. The Morgan fingerprint density at radius 2 is 2.18 bits per heavy atom. The minimum absolute atomic E-state index is 0.00329. The summed E-state index contributed by atoms with van der Waals surface area (Å²) in [6.45, 7) is 3.72. The molecule has 0 saturated carbocycles. The number of urea groups is 1. The Labute approximate surface area is 199 Å². The molecule has 8 nitrogen and oxygen atoms in total. The van der Waals surface area contributed by atoms with Crippen molar-refractivity contribution in [2.75, 3.05) is 31.5 Å². The van der Waals surface area contributed by atoms with E-state index in [1.54, 1.807) is 18.2 Å². The van der Waals surface area contributed by atoms with E-state index in [1.807, 2.05) is 11.8 Å². The van der Waals surface area contributed by atoms with E-state index in [1.165, 1.54) is 0 Å². The molecule has 2 amide bonds. The first-order chi connectivity index (χ1) is 16.2. The predicted molar refractivity (Wildman–Crippen MR) is 121 cm³/mol. The molecule has 14 heteroatoms. The Balaban J connectivity index is 1.54. The van der Waals surface area contributed by atoms with Gasteiger partial charge in [-0.05, 0) is 24.4 Å². The zero-order valence-corrected chi connectivity index (χ0v) is 19.4. The van der Waals surface area contributed by atoms with E-state index < -0.39 is 29.8 Å². The first-order valence-corrected chi connectivity index (χ1v) is 12.2. The fraction of sp³-hybridized carbons (Fsp3) is 0.450. The monoisotopic (exact) mass is 516 g/mol. The number of anilines is 1. The Bertz CT molecular complexity index is 1220. The summed E-state index contributed by atoms with van der Waals surface area (Å²) < 4.78 is 60.8. The van der Waals surface area contributed by atoms with Crippen LogP contribution in [0.3, 0.4) is 0 Å². The van der Waals surface area contributed by atoms with Gasteiger partial charge in [-0.2, -0.15) is 18.2 Å². The highest BCUT2D eigenvalue weighted by atomic mass is 32.2. The Kier molecular flexibility index (Phi) is 6.06. The lowest BCUT2D eigenvalue weighted by Crippen LogP contribution is -2.29. The molecule has 182 valence electrons. The number of likely N-dealkylation sites (N-methyl/N-ethyl adjacent to an activating group) is 1. The number of rotatable bonds is 6. The summed E-state index contributed by atoms with van der Waals surface area (Å²) >= 11 is 0.837. The van der Waals surface area contributed by atoms with Crippen molar-refractivity contribution < 1.29 is 26.9 Å². The summed E-state index contributed by atoms with van der Waals surface area (Å²) in [5.74, 6) is 0.0921. The summed E-state index contributed by atoms with van der Waals surface area (Å²) in [5, 5.41) is 12.6.